The molecule has 2 aromatic carbocycles. The van der Waals surface area contributed by atoms with Crippen molar-refractivity contribution in [2.24, 2.45) is 5.73 Å². The van der Waals surface area contributed by atoms with Gasteiger partial charge in [0.15, 0.2) is 0 Å². The Morgan fingerprint density at radius 3 is 2.57 bits per heavy atom. The summed E-state index contributed by atoms with van der Waals surface area (Å²) in [5.41, 5.74) is 9.15. The maximum absolute atomic E-state index is 6.00. The molecule has 0 aliphatic carbocycles. The highest BCUT2D eigenvalue weighted by atomic mass is 79.9. The molecule has 1 unspecified atom stereocenters. The lowest BCUT2D eigenvalue weighted by atomic mass is 10.1. The van der Waals surface area contributed by atoms with E-state index in [-0.39, 0.29) is 6.04 Å². The molecule has 3 nitrogen and oxygen atoms in total. The van der Waals surface area contributed by atoms with Gasteiger partial charge in [0.1, 0.15) is 18.1 Å². The molecule has 112 valence electrons. The van der Waals surface area contributed by atoms with Crippen LogP contribution in [-0.2, 0) is 6.61 Å². The first-order valence-corrected chi connectivity index (χ1v) is 7.62. The number of hydrogen-bond acceptors (Lipinski definition) is 3. The van der Waals surface area contributed by atoms with Crippen molar-refractivity contribution in [1.29, 1.82) is 0 Å². The molecule has 0 heterocycles. The van der Waals surface area contributed by atoms with Gasteiger partial charge in [-0.2, -0.15) is 0 Å². The van der Waals surface area contributed by atoms with Crippen molar-refractivity contribution < 1.29 is 9.47 Å². The van der Waals surface area contributed by atoms with Crippen molar-refractivity contribution in [2.45, 2.75) is 26.5 Å². The molecule has 0 saturated carbocycles. The summed E-state index contributed by atoms with van der Waals surface area (Å²) in [6.45, 7) is 4.43. The highest BCUT2D eigenvalue weighted by Gasteiger charge is 2.10. The van der Waals surface area contributed by atoms with Gasteiger partial charge in [-0.15, -0.1) is 0 Å². The van der Waals surface area contributed by atoms with E-state index in [0.717, 1.165) is 32.7 Å². The van der Waals surface area contributed by atoms with Crippen LogP contribution in [0.5, 0.6) is 11.5 Å². The van der Waals surface area contributed by atoms with Crippen molar-refractivity contribution in [3.05, 3.63) is 57.6 Å². The summed E-state index contributed by atoms with van der Waals surface area (Å²) < 4.78 is 12.3. The van der Waals surface area contributed by atoms with Crippen molar-refractivity contribution in [3.63, 3.8) is 0 Å². The number of nitrogens with two attached hydrogens (primary N) is 1. The van der Waals surface area contributed by atoms with E-state index in [4.69, 9.17) is 15.2 Å². The van der Waals surface area contributed by atoms with Gasteiger partial charge in [0, 0.05) is 21.6 Å². The van der Waals surface area contributed by atoms with Gasteiger partial charge >= 0.3 is 0 Å². The molecule has 2 aromatic rings. The molecule has 0 bridgehead atoms. The summed E-state index contributed by atoms with van der Waals surface area (Å²) in [4.78, 5) is 0. The first-order valence-electron chi connectivity index (χ1n) is 6.82. The molecule has 0 aromatic heterocycles. The summed E-state index contributed by atoms with van der Waals surface area (Å²) in [6, 6.07) is 11.9. The van der Waals surface area contributed by atoms with Crippen molar-refractivity contribution >= 4 is 15.9 Å². The van der Waals surface area contributed by atoms with Gasteiger partial charge in [-0.3, -0.25) is 0 Å². The van der Waals surface area contributed by atoms with Crippen molar-refractivity contribution in [1.82, 2.24) is 0 Å². The van der Waals surface area contributed by atoms with Crippen molar-refractivity contribution in [2.75, 3.05) is 7.11 Å². The second kappa shape index (κ2) is 6.96. The Morgan fingerprint density at radius 1 is 1.14 bits per heavy atom. The number of aryl methyl sites for hydroxylation is 1. The molecule has 2 N–H and O–H groups in total. The molecule has 2 rings (SSSR count). The summed E-state index contributed by atoms with van der Waals surface area (Å²) in [5.74, 6) is 1.64. The van der Waals surface area contributed by atoms with Crippen LogP contribution in [0.4, 0.5) is 0 Å². The van der Waals surface area contributed by atoms with Gasteiger partial charge in [-0.25, -0.2) is 0 Å². The van der Waals surface area contributed by atoms with Crippen LogP contribution in [0.3, 0.4) is 0 Å². The summed E-state index contributed by atoms with van der Waals surface area (Å²) >= 11 is 3.47. The number of ether oxygens (including phenoxy) is 2. The second-order valence-electron chi connectivity index (χ2n) is 5.07. The molecule has 0 saturated heterocycles. The smallest absolute Gasteiger partial charge is 0.125 e. The van der Waals surface area contributed by atoms with E-state index in [1.54, 1.807) is 7.11 Å². The van der Waals surface area contributed by atoms with Crippen LogP contribution in [-0.4, -0.2) is 7.11 Å². The summed E-state index contributed by atoms with van der Waals surface area (Å²) in [7, 11) is 1.66. The number of rotatable bonds is 5. The second-order valence-corrected chi connectivity index (χ2v) is 5.99. The van der Waals surface area contributed by atoms with Crippen LogP contribution in [0.2, 0.25) is 0 Å². The lowest BCUT2D eigenvalue weighted by molar-refractivity contribution is 0.292. The fraction of sp³-hybridized carbons (Fsp3) is 0.294. The van der Waals surface area contributed by atoms with E-state index in [1.807, 2.05) is 50.2 Å². The van der Waals surface area contributed by atoms with Gasteiger partial charge < -0.3 is 15.2 Å². The molecule has 1 atom stereocenters. The third kappa shape index (κ3) is 3.99. The quantitative estimate of drug-likeness (QED) is 0.871. The molecule has 4 heteroatoms. The van der Waals surface area contributed by atoms with Crippen molar-refractivity contribution in [3.8, 4) is 11.5 Å². The first-order chi connectivity index (χ1) is 10.0. The van der Waals surface area contributed by atoms with E-state index < -0.39 is 0 Å². The minimum atomic E-state index is -0.0648. The third-order valence-corrected chi connectivity index (χ3v) is 3.78. The lowest BCUT2D eigenvalue weighted by Gasteiger charge is -2.16. The molecule has 0 radical (unpaired) electrons. The van der Waals surface area contributed by atoms with E-state index in [9.17, 15) is 0 Å². The first kappa shape index (κ1) is 15.9. The minimum Gasteiger partial charge on any atom is -0.496 e. The predicted molar refractivity (Wildman–Crippen MR) is 88.8 cm³/mol. The Kier molecular flexibility index (Phi) is 5.26. The standard InChI is InChI=1S/C17H20BrNO2/c1-11-4-6-15(12(2)19)17(8-11)21-10-13-9-14(18)5-7-16(13)20-3/h4-9,12H,10,19H2,1-3H3. The van der Waals surface area contributed by atoms with Crippen LogP contribution in [0.15, 0.2) is 40.9 Å². The monoisotopic (exact) mass is 349 g/mol. The van der Waals surface area contributed by atoms with Crippen LogP contribution >= 0.6 is 15.9 Å². The molecule has 0 aliphatic rings. The van der Waals surface area contributed by atoms with Gasteiger partial charge in [0.25, 0.3) is 0 Å². The molecule has 0 spiro atoms. The van der Waals surface area contributed by atoms with Crippen LogP contribution in [0.25, 0.3) is 0 Å². The van der Waals surface area contributed by atoms with E-state index in [2.05, 4.69) is 15.9 Å². The fourth-order valence-corrected chi connectivity index (χ4v) is 2.57. The average molecular weight is 350 g/mol. The SMILES string of the molecule is COc1ccc(Br)cc1COc1cc(C)ccc1C(C)N. The Bertz CT molecular complexity index is 626. The van der Waals surface area contributed by atoms with E-state index in [1.165, 1.54) is 0 Å². The van der Waals surface area contributed by atoms with Crippen LogP contribution in [0.1, 0.15) is 29.7 Å². The number of halogens is 1. The largest absolute Gasteiger partial charge is 0.496 e. The third-order valence-electron chi connectivity index (χ3n) is 3.29. The Morgan fingerprint density at radius 2 is 1.90 bits per heavy atom. The summed E-state index contributed by atoms with van der Waals surface area (Å²) in [5, 5.41) is 0. The topological polar surface area (TPSA) is 44.5 Å². The molecular formula is C17H20BrNO2. The van der Waals surface area contributed by atoms with Crippen LogP contribution in [0, 0.1) is 6.92 Å². The van der Waals surface area contributed by atoms with Gasteiger partial charge in [-0.05, 0) is 43.7 Å². The normalized spacial score (nSPS) is 12.0. The zero-order valence-corrected chi connectivity index (χ0v) is 14.1. The lowest BCUT2D eigenvalue weighted by Crippen LogP contribution is -2.08. The van der Waals surface area contributed by atoms with Gasteiger partial charge in [0.2, 0.25) is 0 Å². The Labute approximate surface area is 134 Å². The highest BCUT2D eigenvalue weighted by molar-refractivity contribution is 9.10. The number of benzene rings is 2. The maximum Gasteiger partial charge on any atom is 0.125 e. The highest BCUT2D eigenvalue weighted by Crippen LogP contribution is 2.28. The molecule has 0 fully saturated rings. The predicted octanol–water partition coefficient (Wildman–Crippen LogP) is 4.36. The minimum absolute atomic E-state index is 0.0648. The zero-order valence-electron chi connectivity index (χ0n) is 12.5. The summed E-state index contributed by atoms with van der Waals surface area (Å²) in [6.07, 6.45) is 0. The maximum atomic E-state index is 6.00. The average Bonchev–Trinajstić information content (AvgIpc) is 2.45. The number of methoxy groups -OCH3 is 1. The Hall–Kier alpha value is -1.52. The van der Waals surface area contributed by atoms with E-state index >= 15 is 0 Å². The van der Waals surface area contributed by atoms with Gasteiger partial charge in [-0.1, -0.05) is 28.1 Å². The molecule has 0 aliphatic heterocycles. The van der Waals surface area contributed by atoms with Gasteiger partial charge in [0.05, 0.1) is 7.11 Å². The fourth-order valence-electron chi connectivity index (χ4n) is 2.16. The van der Waals surface area contributed by atoms with E-state index in [0.29, 0.717) is 6.61 Å². The Balaban J connectivity index is 2.24. The number of hydrogen-bond donors (Lipinski definition) is 1. The molecular weight excluding hydrogens is 330 g/mol. The molecule has 21 heavy (non-hydrogen) atoms. The zero-order chi connectivity index (χ0) is 15.4. The molecule has 0 amide bonds. The van der Waals surface area contributed by atoms with Crippen LogP contribution < -0.4 is 15.2 Å².